The number of carbonyl (C=O) groups excluding carboxylic acids is 1. The highest BCUT2D eigenvalue weighted by Gasteiger charge is 2.30. The Bertz CT molecular complexity index is 1050. The second-order valence-corrected chi connectivity index (χ2v) is 5.77. The molecule has 0 saturated heterocycles. The first-order valence-electron chi connectivity index (χ1n) is 7.59. The van der Waals surface area contributed by atoms with Crippen LogP contribution in [-0.2, 0) is 17.5 Å². The van der Waals surface area contributed by atoms with Crippen molar-refractivity contribution in [2.75, 3.05) is 5.32 Å². The molecular weight excluding hydrogens is 351 g/mol. The number of amides is 1. The molecule has 6 nitrogen and oxygen atoms in total. The zero-order valence-corrected chi connectivity index (χ0v) is 13.8. The Morgan fingerprint density at radius 3 is 2.73 bits per heavy atom. The van der Waals surface area contributed by atoms with Gasteiger partial charge in [0, 0.05) is 11.3 Å². The fraction of sp³-hybridized carbons (Fsp3) is 0.235. The van der Waals surface area contributed by atoms with E-state index in [0.29, 0.717) is 11.3 Å². The third-order valence-corrected chi connectivity index (χ3v) is 3.94. The van der Waals surface area contributed by atoms with E-state index in [-0.39, 0.29) is 23.3 Å². The number of anilines is 1. The smallest absolute Gasteiger partial charge is 0.416 e. The first-order valence-corrected chi connectivity index (χ1v) is 7.59. The summed E-state index contributed by atoms with van der Waals surface area (Å²) in [4.78, 5) is 28.6. The van der Waals surface area contributed by atoms with E-state index in [0.717, 1.165) is 16.7 Å². The molecule has 3 rings (SSSR count). The largest absolute Gasteiger partial charge is 0.443 e. The maximum atomic E-state index is 12.7. The quantitative estimate of drug-likeness (QED) is 0.773. The third-order valence-electron chi connectivity index (χ3n) is 3.94. The number of carbonyl (C=O) groups is 1. The Morgan fingerprint density at radius 2 is 2.04 bits per heavy atom. The van der Waals surface area contributed by atoms with Crippen molar-refractivity contribution in [2.24, 2.45) is 0 Å². The van der Waals surface area contributed by atoms with E-state index >= 15 is 0 Å². The van der Waals surface area contributed by atoms with Crippen molar-refractivity contribution >= 4 is 22.7 Å². The van der Waals surface area contributed by atoms with Gasteiger partial charge >= 0.3 is 6.18 Å². The molecule has 0 atom stereocenters. The number of alkyl halides is 3. The number of fused-ring (bicyclic) bond motifs is 1. The lowest BCUT2D eigenvalue weighted by atomic mass is 10.2. The van der Waals surface area contributed by atoms with E-state index in [9.17, 15) is 22.8 Å². The Balaban J connectivity index is 1.83. The van der Waals surface area contributed by atoms with Crippen LogP contribution >= 0.6 is 0 Å². The van der Waals surface area contributed by atoms with Gasteiger partial charge in [-0.05, 0) is 32.0 Å². The predicted octanol–water partition coefficient (Wildman–Crippen LogP) is 3.26. The second-order valence-electron chi connectivity index (χ2n) is 5.77. The average molecular weight is 365 g/mol. The number of furan rings is 1. The average Bonchev–Trinajstić information content (AvgIpc) is 2.85. The zero-order valence-electron chi connectivity index (χ0n) is 13.8. The minimum atomic E-state index is -4.51. The summed E-state index contributed by atoms with van der Waals surface area (Å²) in [7, 11) is 0. The number of halogens is 3. The van der Waals surface area contributed by atoms with Gasteiger partial charge in [0.05, 0.1) is 5.56 Å². The second kappa shape index (κ2) is 6.32. The molecule has 0 fully saturated rings. The highest BCUT2D eigenvalue weighted by atomic mass is 19.4. The minimum Gasteiger partial charge on any atom is -0.443 e. The van der Waals surface area contributed by atoms with Gasteiger partial charge in [0.1, 0.15) is 24.0 Å². The normalized spacial score (nSPS) is 11.7. The summed E-state index contributed by atoms with van der Waals surface area (Å²) < 4.78 is 44.6. The Labute approximate surface area is 145 Å². The van der Waals surface area contributed by atoms with E-state index in [1.165, 1.54) is 18.5 Å². The lowest BCUT2D eigenvalue weighted by molar-refractivity contribution is -0.137. The summed E-state index contributed by atoms with van der Waals surface area (Å²) in [5.74, 6) is -0.0961. The minimum absolute atomic E-state index is 0.0118. The number of hydrogen-bond acceptors (Lipinski definition) is 4. The Hall–Kier alpha value is -3.10. The van der Waals surface area contributed by atoms with Gasteiger partial charge in [-0.1, -0.05) is 6.07 Å². The molecule has 0 unspecified atom stereocenters. The van der Waals surface area contributed by atoms with Crippen LogP contribution in [-0.4, -0.2) is 15.5 Å². The summed E-state index contributed by atoms with van der Waals surface area (Å²) in [5.41, 5.74) is -0.532. The van der Waals surface area contributed by atoms with Crippen LogP contribution in [0.5, 0.6) is 0 Å². The molecule has 1 aromatic carbocycles. The molecule has 136 valence electrons. The molecule has 0 spiro atoms. The van der Waals surface area contributed by atoms with Crippen LogP contribution in [0.3, 0.4) is 0 Å². The predicted molar refractivity (Wildman–Crippen MR) is 87.8 cm³/mol. The van der Waals surface area contributed by atoms with Gasteiger partial charge in [0.15, 0.2) is 0 Å². The van der Waals surface area contributed by atoms with Gasteiger partial charge in [-0.2, -0.15) is 13.2 Å². The first-order chi connectivity index (χ1) is 12.2. The van der Waals surface area contributed by atoms with Crippen LogP contribution in [0.15, 0.2) is 39.8 Å². The molecule has 2 aromatic heterocycles. The summed E-state index contributed by atoms with van der Waals surface area (Å²) in [5, 5.41) is 2.62. The highest BCUT2D eigenvalue weighted by molar-refractivity contribution is 5.90. The van der Waals surface area contributed by atoms with Gasteiger partial charge in [-0.3, -0.25) is 14.2 Å². The van der Waals surface area contributed by atoms with Crippen molar-refractivity contribution in [1.29, 1.82) is 0 Å². The van der Waals surface area contributed by atoms with Crippen LogP contribution in [0.25, 0.3) is 11.1 Å². The van der Waals surface area contributed by atoms with Crippen LogP contribution < -0.4 is 10.9 Å². The molecule has 1 amide bonds. The molecule has 26 heavy (non-hydrogen) atoms. The monoisotopic (exact) mass is 365 g/mol. The number of rotatable bonds is 3. The summed E-state index contributed by atoms with van der Waals surface area (Å²) in [6.45, 7) is 3.01. The lowest BCUT2D eigenvalue weighted by Gasteiger charge is -2.10. The Kier molecular flexibility index (Phi) is 4.31. The molecular formula is C17H14F3N3O3. The standard InChI is InChI=1S/C17H14F3N3O3/c1-9-10(2)26-15-14(9)16(25)23(8-21-15)7-13(24)22-12-5-3-4-11(6-12)17(18,19)20/h3-6,8H,7H2,1-2H3,(H,22,24). The van der Waals surface area contributed by atoms with Crippen LogP contribution in [0, 0.1) is 13.8 Å². The van der Waals surface area contributed by atoms with Gasteiger partial charge in [0.2, 0.25) is 11.6 Å². The van der Waals surface area contributed by atoms with Crippen LogP contribution in [0.2, 0.25) is 0 Å². The summed E-state index contributed by atoms with van der Waals surface area (Å²) in [6, 6.07) is 4.25. The first kappa shape index (κ1) is 17.7. The van der Waals surface area contributed by atoms with Crippen LogP contribution in [0.4, 0.5) is 18.9 Å². The van der Waals surface area contributed by atoms with Crippen molar-refractivity contribution in [3.05, 3.63) is 57.8 Å². The third kappa shape index (κ3) is 3.32. The lowest BCUT2D eigenvalue weighted by Crippen LogP contribution is -2.28. The number of nitrogens with zero attached hydrogens (tertiary/aromatic N) is 2. The molecule has 0 aliphatic heterocycles. The number of aryl methyl sites for hydroxylation is 2. The fourth-order valence-corrected chi connectivity index (χ4v) is 2.51. The number of nitrogens with one attached hydrogen (secondary N) is 1. The summed E-state index contributed by atoms with van der Waals surface area (Å²) >= 11 is 0. The van der Waals surface area contributed by atoms with Crippen molar-refractivity contribution in [2.45, 2.75) is 26.6 Å². The highest BCUT2D eigenvalue weighted by Crippen LogP contribution is 2.30. The van der Waals surface area contributed by atoms with Gasteiger partial charge in [0.25, 0.3) is 5.56 Å². The number of hydrogen-bond donors (Lipinski definition) is 1. The van der Waals surface area contributed by atoms with Crippen molar-refractivity contribution in [3.63, 3.8) is 0 Å². The Morgan fingerprint density at radius 1 is 1.31 bits per heavy atom. The molecule has 1 N–H and O–H groups in total. The SMILES string of the molecule is Cc1oc2ncn(CC(=O)Nc3cccc(C(F)(F)F)c3)c(=O)c2c1C. The maximum Gasteiger partial charge on any atom is 0.416 e. The van der Waals surface area contributed by atoms with E-state index in [1.807, 2.05) is 0 Å². The van der Waals surface area contributed by atoms with Crippen LogP contribution in [0.1, 0.15) is 16.9 Å². The zero-order chi connectivity index (χ0) is 19.1. The van der Waals surface area contributed by atoms with E-state index in [4.69, 9.17) is 4.42 Å². The molecule has 2 heterocycles. The molecule has 3 aromatic rings. The fourth-order valence-electron chi connectivity index (χ4n) is 2.51. The van der Waals surface area contributed by atoms with Gasteiger partial charge < -0.3 is 9.73 Å². The summed E-state index contributed by atoms with van der Waals surface area (Å²) in [6.07, 6.45) is -3.35. The van der Waals surface area contributed by atoms with Gasteiger partial charge in [-0.15, -0.1) is 0 Å². The topological polar surface area (TPSA) is 77.1 Å². The molecule has 0 aliphatic carbocycles. The molecule has 9 heteroatoms. The van der Waals surface area contributed by atoms with E-state index < -0.39 is 23.2 Å². The van der Waals surface area contributed by atoms with E-state index in [2.05, 4.69) is 10.3 Å². The van der Waals surface area contributed by atoms with Crippen molar-refractivity contribution in [1.82, 2.24) is 9.55 Å². The maximum absolute atomic E-state index is 12.7. The van der Waals surface area contributed by atoms with Crippen molar-refractivity contribution < 1.29 is 22.4 Å². The molecule has 0 saturated carbocycles. The van der Waals surface area contributed by atoms with Crippen molar-refractivity contribution in [3.8, 4) is 0 Å². The number of benzene rings is 1. The number of aromatic nitrogens is 2. The van der Waals surface area contributed by atoms with Gasteiger partial charge in [-0.25, -0.2) is 4.98 Å². The molecule has 0 radical (unpaired) electrons. The van der Waals surface area contributed by atoms with E-state index in [1.54, 1.807) is 13.8 Å². The molecule has 0 bridgehead atoms. The molecule has 0 aliphatic rings.